The maximum Gasteiger partial charge on any atom is 0.227 e. The van der Waals surface area contributed by atoms with Crippen molar-refractivity contribution in [3.05, 3.63) is 29.8 Å². The number of anilines is 1. The van der Waals surface area contributed by atoms with E-state index in [1.54, 1.807) is 4.90 Å². The monoisotopic (exact) mass is 191 g/mol. The lowest BCUT2D eigenvalue weighted by Crippen LogP contribution is -2.30. The molecule has 0 bridgehead atoms. The molecule has 1 aliphatic rings. The number of carbonyl (C=O) groups excluding carboxylic acids is 1. The molecule has 1 aromatic rings. The summed E-state index contributed by atoms with van der Waals surface area (Å²) >= 11 is 0. The Bertz CT molecular complexity index is 320. The zero-order valence-electron chi connectivity index (χ0n) is 9.08. The van der Waals surface area contributed by atoms with E-state index < -0.39 is 0 Å². The summed E-state index contributed by atoms with van der Waals surface area (Å²) in [5.74, 6) is 0.216. The normalized spacial score (nSPS) is 14.2. The molecular weight excluding hydrogens is 174 g/mol. The largest absolute Gasteiger partial charge is 0.315 e. The van der Waals surface area contributed by atoms with Crippen molar-refractivity contribution in [2.45, 2.75) is 26.7 Å². The average Bonchev–Trinajstić information content (AvgIpc) is 2.27. The molecule has 0 aromatic heterocycles. The van der Waals surface area contributed by atoms with Crippen LogP contribution in [0.25, 0.3) is 0 Å². The van der Waals surface area contributed by atoms with Gasteiger partial charge in [0.15, 0.2) is 0 Å². The summed E-state index contributed by atoms with van der Waals surface area (Å²) in [6.45, 7) is 4.00. The van der Waals surface area contributed by atoms with Gasteiger partial charge in [0.25, 0.3) is 0 Å². The van der Waals surface area contributed by atoms with E-state index in [-0.39, 0.29) is 5.91 Å². The van der Waals surface area contributed by atoms with Gasteiger partial charge in [-0.3, -0.25) is 4.79 Å². The second-order valence-corrected chi connectivity index (χ2v) is 3.08. The molecule has 1 amide bonds. The van der Waals surface area contributed by atoms with E-state index in [0.717, 1.165) is 12.1 Å². The molecule has 1 aromatic carbocycles. The van der Waals surface area contributed by atoms with Crippen LogP contribution in [-0.2, 0) is 11.2 Å². The highest BCUT2D eigenvalue weighted by Crippen LogP contribution is 2.25. The zero-order chi connectivity index (χ0) is 10.6. The van der Waals surface area contributed by atoms with Gasteiger partial charge >= 0.3 is 0 Å². The van der Waals surface area contributed by atoms with Gasteiger partial charge in [-0.1, -0.05) is 32.0 Å². The number of benzene rings is 1. The third kappa shape index (κ3) is 1.95. The summed E-state index contributed by atoms with van der Waals surface area (Å²) in [5.41, 5.74) is 2.34. The summed E-state index contributed by atoms with van der Waals surface area (Å²) in [5, 5.41) is 0. The molecule has 0 saturated carbocycles. The fourth-order valence-corrected chi connectivity index (χ4v) is 1.59. The number of aryl methyl sites for hydroxylation is 1. The molecule has 0 radical (unpaired) electrons. The topological polar surface area (TPSA) is 20.3 Å². The van der Waals surface area contributed by atoms with Crippen molar-refractivity contribution in [3.8, 4) is 0 Å². The number of fused-ring (bicyclic) bond motifs is 1. The van der Waals surface area contributed by atoms with E-state index in [2.05, 4.69) is 6.07 Å². The molecule has 14 heavy (non-hydrogen) atoms. The molecule has 0 N–H and O–H groups in total. The highest BCUT2D eigenvalue weighted by atomic mass is 16.2. The Morgan fingerprint density at radius 2 is 1.79 bits per heavy atom. The van der Waals surface area contributed by atoms with Gasteiger partial charge in [-0.15, -0.1) is 0 Å². The van der Waals surface area contributed by atoms with Gasteiger partial charge in [-0.25, -0.2) is 0 Å². The van der Waals surface area contributed by atoms with Crippen LogP contribution in [0.5, 0.6) is 0 Å². The standard InChI is InChI=1S/C10H11NO.C2H6/c1-11-9-5-3-2-4-8(9)6-7-10(11)12;1-2/h2-5H,6-7H2,1H3;1-2H3. The van der Waals surface area contributed by atoms with Gasteiger partial charge < -0.3 is 4.90 Å². The third-order valence-corrected chi connectivity index (χ3v) is 2.34. The van der Waals surface area contributed by atoms with Crippen molar-refractivity contribution >= 4 is 11.6 Å². The smallest absolute Gasteiger partial charge is 0.227 e. The number of rotatable bonds is 0. The van der Waals surface area contributed by atoms with Crippen molar-refractivity contribution in [1.82, 2.24) is 0 Å². The first-order chi connectivity index (χ1) is 6.79. The number of nitrogens with zero attached hydrogens (tertiary/aromatic N) is 1. The molecular formula is C12H17NO. The molecule has 2 heteroatoms. The van der Waals surface area contributed by atoms with Gasteiger partial charge in [-0.2, -0.15) is 0 Å². The Balaban J connectivity index is 0.000000461. The zero-order valence-corrected chi connectivity index (χ0v) is 9.08. The van der Waals surface area contributed by atoms with Crippen LogP contribution < -0.4 is 4.90 Å². The number of amides is 1. The van der Waals surface area contributed by atoms with Crippen LogP contribution >= 0.6 is 0 Å². The fraction of sp³-hybridized carbons (Fsp3) is 0.417. The molecule has 1 aliphatic heterocycles. The lowest BCUT2D eigenvalue weighted by Gasteiger charge is -2.25. The quantitative estimate of drug-likeness (QED) is 0.617. The van der Waals surface area contributed by atoms with Crippen molar-refractivity contribution in [2.24, 2.45) is 0 Å². The molecule has 2 rings (SSSR count). The summed E-state index contributed by atoms with van der Waals surface area (Å²) in [6, 6.07) is 8.06. The third-order valence-electron chi connectivity index (χ3n) is 2.34. The Morgan fingerprint density at radius 1 is 1.14 bits per heavy atom. The fourth-order valence-electron chi connectivity index (χ4n) is 1.59. The van der Waals surface area contributed by atoms with Crippen molar-refractivity contribution in [3.63, 3.8) is 0 Å². The van der Waals surface area contributed by atoms with E-state index >= 15 is 0 Å². The van der Waals surface area contributed by atoms with E-state index in [0.29, 0.717) is 6.42 Å². The van der Waals surface area contributed by atoms with Crippen molar-refractivity contribution in [1.29, 1.82) is 0 Å². The van der Waals surface area contributed by atoms with Gasteiger partial charge in [0.1, 0.15) is 0 Å². The summed E-state index contributed by atoms with van der Waals surface area (Å²) in [6.07, 6.45) is 1.53. The van der Waals surface area contributed by atoms with E-state index in [4.69, 9.17) is 0 Å². The first kappa shape index (κ1) is 10.8. The molecule has 0 spiro atoms. The second kappa shape index (κ2) is 4.80. The maximum atomic E-state index is 11.3. The summed E-state index contributed by atoms with van der Waals surface area (Å²) < 4.78 is 0. The van der Waals surface area contributed by atoms with Crippen LogP contribution in [-0.4, -0.2) is 13.0 Å². The first-order valence-corrected chi connectivity index (χ1v) is 5.13. The number of para-hydroxylation sites is 1. The van der Waals surface area contributed by atoms with Crippen LogP contribution in [0.4, 0.5) is 5.69 Å². The van der Waals surface area contributed by atoms with E-state index in [9.17, 15) is 4.79 Å². The number of hydrogen-bond donors (Lipinski definition) is 0. The van der Waals surface area contributed by atoms with Crippen molar-refractivity contribution in [2.75, 3.05) is 11.9 Å². The predicted octanol–water partition coefficient (Wildman–Crippen LogP) is 2.62. The molecule has 0 saturated heterocycles. The minimum atomic E-state index is 0.216. The Kier molecular flexibility index (Phi) is 3.69. The minimum absolute atomic E-state index is 0.216. The van der Waals surface area contributed by atoms with Crippen LogP contribution in [0, 0.1) is 0 Å². The molecule has 76 valence electrons. The van der Waals surface area contributed by atoms with Crippen LogP contribution in [0.1, 0.15) is 25.8 Å². The lowest BCUT2D eigenvalue weighted by molar-refractivity contribution is -0.118. The number of hydrogen-bond acceptors (Lipinski definition) is 1. The van der Waals surface area contributed by atoms with Crippen LogP contribution in [0.3, 0.4) is 0 Å². The highest BCUT2D eigenvalue weighted by molar-refractivity contribution is 5.95. The molecule has 1 heterocycles. The van der Waals surface area contributed by atoms with Gasteiger partial charge in [0.05, 0.1) is 0 Å². The Labute approximate surface area is 85.5 Å². The Morgan fingerprint density at radius 3 is 2.50 bits per heavy atom. The summed E-state index contributed by atoms with van der Waals surface area (Å²) in [4.78, 5) is 13.0. The minimum Gasteiger partial charge on any atom is -0.315 e. The molecule has 2 nitrogen and oxygen atoms in total. The predicted molar refractivity (Wildman–Crippen MR) is 59.5 cm³/mol. The number of carbonyl (C=O) groups is 1. The van der Waals surface area contributed by atoms with Gasteiger partial charge in [0.2, 0.25) is 5.91 Å². The van der Waals surface area contributed by atoms with Crippen LogP contribution in [0.2, 0.25) is 0 Å². The Hall–Kier alpha value is -1.31. The molecule has 0 unspecified atom stereocenters. The van der Waals surface area contributed by atoms with Crippen molar-refractivity contribution < 1.29 is 4.79 Å². The van der Waals surface area contributed by atoms with Gasteiger partial charge in [0, 0.05) is 19.2 Å². The second-order valence-electron chi connectivity index (χ2n) is 3.08. The van der Waals surface area contributed by atoms with Crippen LogP contribution in [0.15, 0.2) is 24.3 Å². The summed E-state index contributed by atoms with van der Waals surface area (Å²) in [7, 11) is 1.83. The molecule has 0 atom stereocenters. The SMILES string of the molecule is CC.CN1C(=O)CCc2ccccc21. The van der Waals surface area contributed by atoms with Gasteiger partial charge in [-0.05, 0) is 18.1 Å². The first-order valence-electron chi connectivity index (χ1n) is 5.13. The molecule has 0 fully saturated rings. The maximum absolute atomic E-state index is 11.3. The highest BCUT2D eigenvalue weighted by Gasteiger charge is 2.19. The lowest BCUT2D eigenvalue weighted by atomic mass is 10.0. The van der Waals surface area contributed by atoms with E-state index in [1.807, 2.05) is 39.1 Å². The van der Waals surface area contributed by atoms with E-state index in [1.165, 1.54) is 5.56 Å². The molecule has 0 aliphatic carbocycles. The average molecular weight is 191 g/mol.